The molecule has 0 saturated carbocycles. The van der Waals surface area contributed by atoms with Crippen molar-refractivity contribution in [3.63, 3.8) is 0 Å². The molecule has 0 radical (unpaired) electrons. The van der Waals surface area contributed by atoms with Crippen molar-refractivity contribution in [3.05, 3.63) is 75.3 Å². The Kier molecular flexibility index (Phi) is 6.42. The minimum absolute atomic E-state index is 0.0296. The average molecular weight is 421 g/mol. The van der Waals surface area contributed by atoms with Gasteiger partial charge in [-0.1, -0.05) is 48.4 Å². The van der Waals surface area contributed by atoms with Gasteiger partial charge in [-0.05, 0) is 44.0 Å². The molecule has 0 aromatic heterocycles. The second kappa shape index (κ2) is 9.39. The number of piperidine rings is 1. The number of carbonyl (C=O) groups excluding carboxylic acids is 1. The Morgan fingerprint density at radius 1 is 1.13 bits per heavy atom. The number of rotatable bonds is 6. The van der Waals surface area contributed by atoms with Gasteiger partial charge in [0.25, 0.3) is 5.69 Å². The third-order valence-corrected chi connectivity index (χ3v) is 6.11. The number of hydrazone groups is 1. The molecule has 4 rings (SSSR count). The number of hydrogen-bond acceptors (Lipinski definition) is 5. The maximum atomic E-state index is 13.2. The quantitative estimate of drug-likeness (QED) is 0.511. The summed E-state index contributed by atoms with van der Waals surface area (Å²) in [5.74, 6) is -0.0378. The normalized spacial score (nSPS) is 19.3. The summed E-state index contributed by atoms with van der Waals surface area (Å²) in [5, 5.41) is 17.5. The van der Waals surface area contributed by atoms with E-state index in [1.54, 1.807) is 17.1 Å². The van der Waals surface area contributed by atoms with Crippen LogP contribution in [0.4, 0.5) is 5.69 Å². The van der Waals surface area contributed by atoms with E-state index in [4.69, 9.17) is 5.10 Å². The van der Waals surface area contributed by atoms with Crippen LogP contribution in [-0.4, -0.2) is 46.1 Å². The van der Waals surface area contributed by atoms with E-state index in [1.165, 1.54) is 25.3 Å². The second-order valence-electron chi connectivity index (χ2n) is 8.38. The van der Waals surface area contributed by atoms with Gasteiger partial charge in [-0.25, -0.2) is 5.01 Å². The van der Waals surface area contributed by atoms with E-state index >= 15 is 0 Å². The minimum Gasteiger partial charge on any atom is -0.303 e. The van der Waals surface area contributed by atoms with Crippen LogP contribution in [0.2, 0.25) is 0 Å². The van der Waals surface area contributed by atoms with Crippen LogP contribution in [0, 0.1) is 17.0 Å². The zero-order valence-corrected chi connectivity index (χ0v) is 17.9. The molecule has 2 aromatic rings. The maximum absolute atomic E-state index is 13.2. The molecule has 2 aromatic carbocycles. The Balaban J connectivity index is 1.57. The predicted molar refractivity (Wildman–Crippen MR) is 120 cm³/mol. The molecule has 2 aliphatic rings. The summed E-state index contributed by atoms with van der Waals surface area (Å²) in [6.07, 6.45) is 4.57. The number of hydrogen-bond donors (Lipinski definition) is 0. The molecule has 1 atom stereocenters. The molecule has 0 N–H and O–H groups in total. The predicted octanol–water partition coefficient (Wildman–Crippen LogP) is 4.46. The van der Waals surface area contributed by atoms with Crippen molar-refractivity contribution >= 4 is 17.3 Å². The second-order valence-corrected chi connectivity index (χ2v) is 8.38. The van der Waals surface area contributed by atoms with Gasteiger partial charge < -0.3 is 4.90 Å². The first-order valence-electron chi connectivity index (χ1n) is 10.9. The number of nitro benzene ring substituents is 1. The van der Waals surface area contributed by atoms with E-state index in [-0.39, 0.29) is 17.6 Å². The Morgan fingerprint density at radius 2 is 1.87 bits per heavy atom. The van der Waals surface area contributed by atoms with E-state index in [9.17, 15) is 14.9 Å². The Labute approximate surface area is 182 Å². The van der Waals surface area contributed by atoms with E-state index in [2.05, 4.69) is 4.90 Å². The maximum Gasteiger partial charge on any atom is 0.269 e. The summed E-state index contributed by atoms with van der Waals surface area (Å²) in [6.45, 7) is 4.84. The summed E-state index contributed by atoms with van der Waals surface area (Å²) in [6, 6.07) is 14.3. The lowest BCUT2D eigenvalue weighted by Crippen LogP contribution is -2.35. The Morgan fingerprint density at radius 3 is 2.58 bits per heavy atom. The number of amides is 1. The topological polar surface area (TPSA) is 79.0 Å². The highest BCUT2D eigenvalue weighted by atomic mass is 16.6. The number of benzene rings is 2. The molecule has 1 amide bonds. The third kappa shape index (κ3) is 4.99. The van der Waals surface area contributed by atoms with Crippen LogP contribution >= 0.6 is 0 Å². The van der Waals surface area contributed by atoms with E-state index in [0.29, 0.717) is 12.8 Å². The summed E-state index contributed by atoms with van der Waals surface area (Å²) in [7, 11) is 0. The summed E-state index contributed by atoms with van der Waals surface area (Å²) < 4.78 is 0. The average Bonchev–Trinajstić information content (AvgIpc) is 3.24. The minimum atomic E-state index is -0.400. The van der Waals surface area contributed by atoms with Gasteiger partial charge in [-0.3, -0.25) is 14.9 Å². The molecule has 162 valence electrons. The van der Waals surface area contributed by atoms with Crippen LogP contribution in [0.1, 0.15) is 54.8 Å². The lowest BCUT2D eigenvalue weighted by molar-refractivity contribution is -0.384. The zero-order chi connectivity index (χ0) is 21.8. The molecule has 1 unspecified atom stereocenters. The van der Waals surface area contributed by atoms with Crippen molar-refractivity contribution in [2.45, 2.75) is 45.1 Å². The molecule has 0 spiro atoms. The Hall–Kier alpha value is -3.06. The molecule has 0 bridgehead atoms. The van der Waals surface area contributed by atoms with Crippen LogP contribution in [0.15, 0.2) is 53.6 Å². The summed E-state index contributed by atoms with van der Waals surface area (Å²) in [4.78, 5) is 26.4. The van der Waals surface area contributed by atoms with Crippen molar-refractivity contribution in [1.82, 2.24) is 9.91 Å². The molecule has 31 heavy (non-hydrogen) atoms. The zero-order valence-electron chi connectivity index (χ0n) is 17.9. The van der Waals surface area contributed by atoms with Gasteiger partial charge in [-0.2, -0.15) is 5.10 Å². The number of non-ortho nitro benzene ring substituents is 1. The van der Waals surface area contributed by atoms with Gasteiger partial charge in [0.1, 0.15) is 0 Å². The van der Waals surface area contributed by atoms with Crippen LogP contribution in [0.25, 0.3) is 0 Å². The summed E-state index contributed by atoms with van der Waals surface area (Å²) in [5.41, 5.74) is 3.75. The van der Waals surface area contributed by atoms with Crippen LogP contribution in [-0.2, 0) is 4.79 Å². The van der Waals surface area contributed by atoms with Gasteiger partial charge in [0.05, 0.1) is 16.7 Å². The summed E-state index contributed by atoms with van der Waals surface area (Å²) >= 11 is 0. The fourth-order valence-corrected chi connectivity index (χ4v) is 4.32. The monoisotopic (exact) mass is 420 g/mol. The highest BCUT2D eigenvalue weighted by Gasteiger charge is 2.33. The van der Waals surface area contributed by atoms with Gasteiger partial charge in [0, 0.05) is 31.5 Å². The molecular formula is C24H28N4O3. The fraction of sp³-hybridized carbons (Fsp3) is 0.417. The smallest absolute Gasteiger partial charge is 0.269 e. The molecule has 1 fully saturated rings. The SMILES string of the molecule is Cc1ccc(C2=NN(C(=O)CCN3CCCCC3)C(c3cccc([N+](=O)[O-])c3)C2)cc1. The van der Waals surface area contributed by atoms with Gasteiger partial charge in [-0.15, -0.1) is 0 Å². The van der Waals surface area contributed by atoms with Gasteiger partial charge in [0.15, 0.2) is 0 Å². The molecule has 2 heterocycles. The highest BCUT2D eigenvalue weighted by Crippen LogP contribution is 2.34. The fourth-order valence-electron chi connectivity index (χ4n) is 4.32. The lowest BCUT2D eigenvalue weighted by Gasteiger charge is -2.27. The van der Waals surface area contributed by atoms with E-state index < -0.39 is 4.92 Å². The van der Waals surface area contributed by atoms with Gasteiger partial charge in [0.2, 0.25) is 5.91 Å². The van der Waals surface area contributed by atoms with Crippen molar-refractivity contribution in [2.75, 3.05) is 19.6 Å². The standard InChI is InChI=1S/C24H28N4O3/c1-18-8-10-19(11-9-18)22-17-23(20-6-5-7-21(16-20)28(30)31)27(25-22)24(29)12-15-26-13-3-2-4-14-26/h5-11,16,23H,2-4,12-15,17H2,1H3. The van der Waals surface area contributed by atoms with Crippen molar-refractivity contribution in [1.29, 1.82) is 0 Å². The number of likely N-dealkylation sites (tertiary alicyclic amines) is 1. The first kappa shape index (κ1) is 21.2. The van der Waals surface area contributed by atoms with E-state index in [0.717, 1.165) is 42.0 Å². The van der Waals surface area contributed by atoms with Gasteiger partial charge >= 0.3 is 0 Å². The largest absolute Gasteiger partial charge is 0.303 e. The molecule has 1 saturated heterocycles. The van der Waals surface area contributed by atoms with E-state index in [1.807, 2.05) is 37.3 Å². The lowest BCUT2D eigenvalue weighted by atomic mass is 9.97. The van der Waals surface area contributed by atoms with Crippen LogP contribution < -0.4 is 0 Å². The third-order valence-electron chi connectivity index (χ3n) is 6.11. The number of nitrogens with zero attached hydrogens (tertiary/aromatic N) is 4. The number of nitro groups is 1. The first-order valence-corrected chi connectivity index (χ1v) is 10.9. The van der Waals surface area contributed by atoms with Crippen molar-refractivity contribution in [3.8, 4) is 0 Å². The highest BCUT2D eigenvalue weighted by molar-refractivity contribution is 6.03. The molecule has 7 nitrogen and oxygen atoms in total. The molecule has 7 heteroatoms. The van der Waals surface area contributed by atoms with Crippen molar-refractivity contribution in [2.24, 2.45) is 5.10 Å². The number of carbonyl (C=O) groups is 1. The van der Waals surface area contributed by atoms with Crippen LogP contribution in [0.3, 0.4) is 0 Å². The van der Waals surface area contributed by atoms with Crippen LogP contribution in [0.5, 0.6) is 0 Å². The number of aryl methyl sites for hydroxylation is 1. The molecular weight excluding hydrogens is 392 g/mol. The first-order chi connectivity index (χ1) is 15.0. The Bertz CT molecular complexity index is 981. The molecule has 0 aliphatic carbocycles. The molecule has 2 aliphatic heterocycles. The van der Waals surface area contributed by atoms with Crippen molar-refractivity contribution < 1.29 is 9.72 Å².